The molecule has 2 heterocycles. The van der Waals surface area contributed by atoms with Crippen LogP contribution in [0.4, 0.5) is 5.88 Å². The molecular weight excluding hydrogens is 292 g/mol. The normalized spacial score (nSPS) is 10.5. The number of rotatable bonds is 2. The summed E-state index contributed by atoms with van der Waals surface area (Å²) in [6, 6.07) is 16.2. The summed E-state index contributed by atoms with van der Waals surface area (Å²) in [5.74, 6) is 0.769. The zero-order chi connectivity index (χ0) is 15.5. The monoisotopic (exact) mass is 310 g/mol. The van der Waals surface area contributed by atoms with E-state index in [-0.39, 0.29) is 0 Å². The predicted molar refractivity (Wildman–Crippen MR) is 95.7 cm³/mol. The van der Waals surface area contributed by atoms with Gasteiger partial charge in [0.2, 0.25) is 5.88 Å². The standard InChI is InChI=1S/C16H12N2OS.C2H6/c1-17-15-14(10-6-2-4-8-12(10)19-15)16-18-11-7-3-5-9-13(11)20-16;1-2/h2-9,17H,1H3;1-2H3. The molecule has 1 N–H and O–H groups in total. The molecule has 4 rings (SSSR count). The highest BCUT2D eigenvalue weighted by Crippen LogP contribution is 2.41. The predicted octanol–water partition coefficient (Wildman–Crippen LogP) is 5.78. The third-order valence-electron chi connectivity index (χ3n) is 3.33. The summed E-state index contributed by atoms with van der Waals surface area (Å²) in [6.45, 7) is 4.00. The number of fused-ring (bicyclic) bond motifs is 2. The molecule has 0 bridgehead atoms. The summed E-state index contributed by atoms with van der Waals surface area (Å²) in [6.07, 6.45) is 0. The van der Waals surface area contributed by atoms with Crippen LogP contribution in [0.3, 0.4) is 0 Å². The second-order valence-electron chi connectivity index (χ2n) is 4.54. The lowest BCUT2D eigenvalue weighted by atomic mass is 10.2. The molecule has 0 aliphatic carbocycles. The van der Waals surface area contributed by atoms with Gasteiger partial charge in [0.05, 0.1) is 15.8 Å². The van der Waals surface area contributed by atoms with Crippen molar-refractivity contribution in [2.24, 2.45) is 0 Å². The Bertz CT molecular complexity index is 875. The van der Waals surface area contributed by atoms with Crippen LogP contribution in [0.1, 0.15) is 13.8 Å². The molecule has 3 nitrogen and oxygen atoms in total. The summed E-state index contributed by atoms with van der Waals surface area (Å²) in [5, 5.41) is 5.21. The number of furan rings is 1. The Kier molecular flexibility index (Phi) is 4.11. The summed E-state index contributed by atoms with van der Waals surface area (Å²) >= 11 is 1.69. The molecule has 4 aromatic rings. The van der Waals surface area contributed by atoms with Crippen molar-refractivity contribution < 1.29 is 4.42 Å². The highest BCUT2D eigenvalue weighted by molar-refractivity contribution is 7.21. The minimum Gasteiger partial charge on any atom is -0.440 e. The van der Waals surface area contributed by atoms with Gasteiger partial charge in [0.1, 0.15) is 10.6 Å². The van der Waals surface area contributed by atoms with E-state index in [0.717, 1.165) is 32.9 Å². The van der Waals surface area contributed by atoms with Crippen molar-refractivity contribution in [3.63, 3.8) is 0 Å². The first-order chi connectivity index (χ1) is 10.9. The van der Waals surface area contributed by atoms with Crippen LogP contribution in [0, 0.1) is 0 Å². The summed E-state index contributed by atoms with van der Waals surface area (Å²) in [5.41, 5.74) is 2.95. The molecule has 0 saturated carbocycles. The van der Waals surface area contributed by atoms with E-state index in [1.54, 1.807) is 11.3 Å². The third-order valence-corrected chi connectivity index (χ3v) is 4.38. The second kappa shape index (κ2) is 6.20. The zero-order valence-electron chi connectivity index (χ0n) is 12.9. The fourth-order valence-electron chi connectivity index (χ4n) is 2.41. The Hall–Kier alpha value is -2.33. The van der Waals surface area contributed by atoms with Crippen molar-refractivity contribution in [1.29, 1.82) is 0 Å². The molecule has 0 radical (unpaired) electrons. The van der Waals surface area contributed by atoms with Crippen LogP contribution in [0.2, 0.25) is 0 Å². The molecule has 22 heavy (non-hydrogen) atoms. The maximum absolute atomic E-state index is 5.85. The fraction of sp³-hybridized carbons (Fsp3) is 0.167. The van der Waals surface area contributed by atoms with Crippen molar-refractivity contribution in [1.82, 2.24) is 4.98 Å². The largest absolute Gasteiger partial charge is 0.440 e. The number of anilines is 1. The minimum atomic E-state index is 0.769. The number of hydrogen-bond acceptors (Lipinski definition) is 4. The van der Waals surface area contributed by atoms with Crippen LogP contribution in [-0.2, 0) is 0 Å². The van der Waals surface area contributed by atoms with Gasteiger partial charge in [0.25, 0.3) is 0 Å². The Morgan fingerprint density at radius 2 is 1.73 bits per heavy atom. The highest BCUT2D eigenvalue weighted by atomic mass is 32.1. The molecule has 0 aliphatic rings. The van der Waals surface area contributed by atoms with Gasteiger partial charge in [-0.2, -0.15) is 0 Å². The van der Waals surface area contributed by atoms with Gasteiger partial charge in [-0.25, -0.2) is 4.98 Å². The second-order valence-corrected chi connectivity index (χ2v) is 5.57. The Morgan fingerprint density at radius 1 is 1.00 bits per heavy atom. The molecular formula is C18H18N2OS. The lowest BCUT2D eigenvalue weighted by molar-refractivity contribution is 0.633. The van der Waals surface area contributed by atoms with E-state index in [0.29, 0.717) is 0 Å². The van der Waals surface area contributed by atoms with E-state index >= 15 is 0 Å². The lowest BCUT2D eigenvalue weighted by Crippen LogP contribution is -1.87. The van der Waals surface area contributed by atoms with E-state index < -0.39 is 0 Å². The summed E-state index contributed by atoms with van der Waals surface area (Å²) < 4.78 is 7.04. The van der Waals surface area contributed by atoms with E-state index in [1.165, 1.54) is 4.70 Å². The van der Waals surface area contributed by atoms with Crippen LogP contribution in [-0.4, -0.2) is 12.0 Å². The molecule has 2 aromatic carbocycles. The van der Waals surface area contributed by atoms with Crippen molar-refractivity contribution in [2.45, 2.75) is 13.8 Å². The Balaban J connectivity index is 0.000000693. The number of para-hydroxylation sites is 2. The lowest BCUT2D eigenvalue weighted by Gasteiger charge is -1.97. The molecule has 0 fully saturated rings. The van der Waals surface area contributed by atoms with Crippen LogP contribution in [0.5, 0.6) is 0 Å². The third kappa shape index (κ3) is 2.35. The molecule has 0 spiro atoms. The molecule has 0 saturated heterocycles. The summed E-state index contributed by atoms with van der Waals surface area (Å²) in [4.78, 5) is 4.73. The molecule has 0 amide bonds. The number of benzene rings is 2. The number of nitrogens with one attached hydrogen (secondary N) is 1. The number of hydrogen-bond donors (Lipinski definition) is 1. The SMILES string of the molecule is CC.CNc1oc2ccccc2c1-c1nc2ccccc2s1. The molecule has 0 aliphatic heterocycles. The van der Waals surface area contributed by atoms with Gasteiger partial charge >= 0.3 is 0 Å². The number of nitrogens with zero attached hydrogens (tertiary/aromatic N) is 1. The van der Waals surface area contributed by atoms with E-state index in [4.69, 9.17) is 9.40 Å². The first-order valence-corrected chi connectivity index (χ1v) is 8.23. The topological polar surface area (TPSA) is 38.1 Å². The maximum Gasteiger partial charge on any atom is 0.204 e. The van der Waals surface area contributed by atoms with Gasteiger partial charge in [0.15, 0.2) is 0 Å². The smallest absolute Gasteiger partial charge is 0.204 e. The van der Waals surface area contributed by atoms with Gasteiger partial charge in [-0.3, -0.25) is 0 Å². The van der Waals surface area contributed by atoms with Gasteiger partial charge in [-0.1, -0.05) is 44.2 Å². The minimum absolute atomic E-state index is 0.769. The van der Waals surface area contributed by atoms with Crippen LogP contribution >= 0.6 is 11.3 Å². The van der Waals surface area contributed by atoms with Crippen LogP contribution < -0.4 is 5.32 Å². The van der Waals surface area contributed by atoms with E-state index in [9.17, 15) is 0 Å². The highest BCUT2D eigenvalue weighted by Gasteiger charge is 2.18. The van der Waals surface area contributed by atoms with E-state index in [1.807, 2.05) is 57.3 Å². The number of thiazole rings is 1. The molecule has 2 aromatic heterocycles. The number of aromatic nitrogens is 1. The Labute approximate surface area is 133 Å². The average Bonchev–Trinajstić information content (AvgIpc) is 3.16. The maximum atomic E-state index is 5.85. The molecule has 112 valence electrons. The Morgan fingerprint density at radius 3 is 2.50 bits per heavy atom. The fourth-order valence-corrected chi connectivity index (χ4v) is 3.43. The van der Waals surface area contributed by atoms with Crippen molar-refractivity contribution in [3.8, 4) is 10.6 Å². The van der Waals surface area contributed by atoms with Crippen molar-refractivity contribution in [2.75, 3.05) is 12.4 Å². The average molecular weight is 310 g/mol. The molecule has 4 heteroatoms. The van der Waals surface area contributed by atoms with E-state index in [2.05, 4.69) is 17.4 Å². The first kappa shape index (κ1) is 14.6. The van der Waals surface area contributed by atoms with Gasteiger partial charge < -0.3 is 9.73 Å². The van der Waals surface area contributed by atoms with Gasteiger partial charge in [-0.05, 0) is 18.2 Å². The quantitative estimate of drug-likeness (QED) is 0.510. The van der Waals surface area contributed by atoms with Gasteiger partial charge in [0, 0.05) is 12.4 Å². The molecule has 0 atom stereocenters. The van der Waals surface area contributed by atoms with Gasteiger partial charge in [-0.15, -0.1) is 11.3 Å². The van der Waals surface area contributed by atoms with Crippen LogP contribution in [0.15, 0.2) is 52.9 Å². The molecule has 0 unspecified atom stereocenters. The zero-order valence-corrected chi connectivity index (χ0v) is 13.7. The van der Waals surface area contributed by atoms with Crippen molar-refractivity contribution in [3.05, 3.63) is 48.5 Å². The van der Waals surface area contributed by atoms with Crippen molar-refractivity contribution >= 4 is 38.4 Å². The summed E-state index contributed by atoms with van der Waals surface area (Å²) in [7, 11) is 1.87. The first-order valence-electron chi connectivity index (χ1n) is 7.42. The van der Waals surface area contributed by atoms with Crippen LogP contribution in [0.25, 0.3) is 31.8 Å².